The number of rotatable bonds is 12. The van der Waals surface area contributed by atoms with E-state index in [0.717, 1.165) is 0 Å². The molecule has 0 spiro atoms. The predicted octanol–water partition coefficient (Wildman–Crippen LogP) is 12.8. The van der Waals surface area contributed by atoms with E-state index in [-0.39, 0.29) is 0 Å². The van der Waals surface area contributed by atoms with Crippen LogP contribution >= 0.6 is 82.3 Å². The Bertz CT molecular complexity index is 1370. The zero-order valence-corrected chi connectivity index (χ0v) is 28.0. The smallest absolute Gasteiger partial charge is 0.0123 e. The molecule has 0 aliphatic rings. The van der Waals surface area contributed by atoms with Crippen molar-refractivity contribution in [1.82, 2.24) is 0 Å². The molecule has 200 valence electrons. The lowest BCUT2D eigenvalue weighted by atomic mass is 10.4. The van der Waals surface area contributed by atoms with E-state index in [9.17, 15) is 0 Å². The fraction of sp³-hybridized carbons (Fsp3) is 0.125. The maximum atomic E-state index is 2.24. The minimum absolute atomic E-state index is 1.25. The highest BCUT2D eigenvalue weighted by atomic mass is 32.2. The summed E-state index contributed by atoms with van der Waals surface area (Å²) < 4.78 is 0. The molecule has 0 aromatic heterocycles. The Labute approximate surface area is 263 Å². The van der Waals surface area contributed by atoms with Crippen LogP contribution in [-0.2, 0) is 0 Å². The Kier molecular flexibility index (Phi) is 12.9. The van der Waals surface area contributed by atoms with Crippen LogP contribution in [0.5, 0.6) is 0 Å². The molecule has 4 aromatic rings. The Morgan fingerprint density at radius 2 is 0.769 bits per heavy atom. The van der Waals surface area contributed by atoms with Crippen molar-refractivity contribution in [2.24, 2.45) is 0 Å². The van der Waals surface area contributed by atoms with E-state index in [0.29, 0.717) is 0 Å². The number of benzene rings is 4. The molecule has 0 amide bonds. The van der Waals surface area contributed by atoms with Crippen molar-refractivity contribution >= 4 is 82.3 Å². The van der Waals surface area contributed by atoms with Crippen molar-refractivity contribution in [2.75, 3.05) is 12.5 Å². The lowest BCUT2D eigenvalue weighted by molar-refractivity contribution is 1.32. The molecule has 0 N–H and O–H groups in total. The molecule has 0 saturated heterocycles. The molecule has 0 nitrogen and oxygen atoms in total. The summed E-state index contributed by atoms with van der Waals surface area (Å²) >= 11 is 12.5. The molecule has 0 bridgehead atoms. The largest absolute Gasteiger partial charge is 0.137 e. The average molecular weight is 639 g/mol. The van der Waals surface area contributed by atoms with Gasteiger partial charge >= 0.3 is 0 Å². The second-order valence-corrected chi connectivity index (χ2v) is 15.8. The van der Waals surface area contributed by atoms with Crippen LogP contribution < -0.4 is 0 Å². The van der Waals surface area contributed by atoms with Gasteiger partial charge in [-0.25, -0.2) is 0 Å². The van der Waals surface area contributed by atoms with E-state index < -0.39 is 0 Å². The molecule has 0 heterocycles. The molecular weight excluding hydrogens is 609 g/mol. The highest BCUT2D eigenvalue weighted by Crippen LogP contribution is 2.36. The van der Waals surface area contributed by atoms with Crippen molar-refractivity contribution in [3.63, 3.8) is 0 Å². The normalized spacial score (nSPS) is 12.1. The average Bonchev–Trinajstić information content (AvgIpc) is 2.95. The monoisotopic (exact) mass is 638 g/mol. The maximum absolute atomic E-state index is 2.24. The zero-order chi connectivity index (χ0) is 27.5. The molecule has 0 unspecified atom stereocenters. The van der Waals surface area contributed by atoms with Gasteiger partial charge in [-0.05, 0) is 144 Å². The third-order valence-electron chi connectivity index (χ3n) is 5.20. The van der Waals surface area contributed by atoms with Crippen LogP contribution in [0.4, 0.5) is 0 Å². The Morgan fingerprint density at radius 1 is 0.436 bits per heavy atom. The zero-order valence-electron chi connectivity index (χ0n) is 22.3. The third-order valence-corrected chi connectivity index (χ3v) is 11.8. The molecule has 0 saturated carbocycles. The first kappa shape index (κ1) is 30.8. The van der Waals surface area contributed by atoms with Gasteiger partial charge < -0.3 is 0 Å². The summed E-state index contributed by atoms with van der Waals surface area (Å²) in [5.41, 5.74) is 0. The summed E-state index contributed by atoms with van der Waals surface area (Å²) in [6.07, 6.45) is 4.20. The summed E-state index contributed by atoms with van der Waals surface area (Å²) in [4.78, 5) is 12.7. The lowest BCUT2D eigenvalue weighted by Crippen LogP contribution is -1.77. The van der Waals surface area contributed by atoms with E-state index in [1.165, 1.54) is 49.0 Å². The van der Waals surface area contributed by atoms with Crippen LogP contribution in [0, 0.1) is 0 Å². The van der Waals surface area contributed by atoms with Gasteiger partial charge in [-0.1, -0.05) is 58.8 Å². The minimum atomic E-state index is 1.25. The Hall–Kier alpha value is -1.19. The van der Waals surface area contributed by atoms with Gasteiger partial charge in [0.25, 0.3) is 0 Å². The second-order valence-electron chi connectivity index (χ2n) is 8.31. The first-order chi connectivity index (χ1) is 19.0. The highest BCUT2D eigenvalue weighted by Gasteiger charge is 2.03. The molecule has 39 heavy (non-hydrogen) atoms. The van der Waals surface area contributed by atoms with Crippen LogP contribution in [-0.4, -0.2) is 12.5 Å². The van der Waals surface area contributed by atoms with Gasteiger partial charge in [-0.15, -0.1) is 23.5 Å². The molecule has 4 aromatic carbocycles. The van der Waals surface area contributed by atoms with Crippen LogP contribution in [0.1, 0.15) is 13.8 Å². The van der Waals surface area contributed by atoms with Gasteiger partial charge in [-0.2, -0.15) is 0 Å². The van der Waals surface area contributed by atoms with E-state index >= 15 is 0 Å². The van der Waals surface area contributed by atoms with Crippen molar-refractivity contribution in [2.45, 2.75) is 53.0 Å². The third kappa shape index (κ3) is 10.6. The van der Waals surface area contributed by atoms with Crippen molar-refractivity contribution in [3.8, 4) is 0 Å². The first-order valence-electron chi connectivity index (χ1n) is 12.2. The van der Waals surface area contributed by atoms with E-state index in [2.05, 4.69) is 134 Å². The SMILES string of the molecule is CS/C=C(\C)Sc1ccc(Sc2ccc(S/C=C(/C)Sc3ccc(Sc4ccc(SC)cc4)cc3)cc2)cc1. The molecule has 0 atom stereocenters. The van der Waals surface area contributed by atoms with Gasteiger partial charge in [0, 0.05) is 39.2 Å². The second kappa shape index (κ2) is 16.3. The number of thioether (sulfide) groups is 5. The van der Waals surface area contributed by atoms with Gasteiger partial charge in [0.1, 0.15) is 0 Å². The molecule has 0 fully saturated rings. The Balaban J connectivity index is 1.25. The standard InChI is InChI=1S/C32H30S7/c1-23(21-33-3)36-27-13-17-32(18-14-27)39-30-11-7-26(8-12-30)35-22-24(2)37-28-15-19-31(20-16-28)38-29-9-5-25(34-4)6-10-29/h5-22H,1-4H3/b23-21+,24-22-. The van der Waals surface area contributed by atoms with Gasteiger partial charge in [0.15, 0.2) is 0 Å². The van der Waals surface area contributed by atoms with Gasteiger partial charge in [0.2, 0.25) is 0 Å². The van der Waals surface area contributed by atoms with E-state index in [1.54, 1.807) is 58.8 Å². The predicted molar refractivity (Wildman–Crippen MR) is 184 cm³/mol. The number of allylic oxidation sites excluding steroid dienone is 2. The summed E-state index contributed by atoms with van der Waals surface area (Å²) in [5, 5.41) is 4.43. The van der Waals surface area contributed by atoms with E-state index in [4.69, 9.17) is 0 Å². The fourth-order valence-corrected chi connectivity index (χ4v) is 8.46. The van der Waals surface area contributed by atoms with Crippen LogP contribution in [0.25, 0.3) is 0 Å². The van der Waals surface area contributed by atoms with Gasteiger partial charge in [-0.3, -0.25) is 0 Å². The molecule has 0 radical (unpaired) electrons. The van der Waals surface area contributed by atoms with Gasteiger partial charge in [0.05, 0.1) is 0 Å². The number of hydrogen-bond acceptors (Lipinski definition) is 7. The van der Waals surface area contributed by atoms with Crippen LogP contribution in [0.2, 0.25) is 0 Å². The summed E-state index contributed by atoms with van der Waals surface area (Å²) in [6, 6.07) is 35.3. The first-order valence-corrected chi connectivity index (χ1v) is 18.9. The number of hydrogen-bond donors (Lipinski definition) is 0. The summed E-state index contributed by atoms with van der Waals surface area (Å²) in [7, 11) is 0. The molecule has 0 aliphatic carbocycles. The molecule has 0 aliphatic heterocycles. The highest BCUT2D eigenvalue weighted by molar-refractivity contribution is 8.06. The fourth-order valence-electron chi connectivity index (χ4n) is 3.39. The molecule has 4 rings (SSSR count). The maximum Gasteiger partial charge on any atom is 0.0123 e. The van der Waals surface area contributed by atoms with Crippen LogP contribution in [0.15, 0.2) is 157 Å². The lowest BCUT2D eigenvalue weighted by Gasteiger charge is -2.06. The van der Waals surface area contributed by atoms with Crippen molar-refractivity contribution in [1.29, 1.82) is 0 Å². The minimum Gasteiger partial charge on any atom is -0.137 e. The van der Waals surface area contributed by atoms with Crippen molar-refractivity contribution in [3.05, 3.63) is 118 Å². The van der Waals surface area contributed by atoms with Crippen LogP contribution in [0.3, 0.4) is 0 Å². The van der Waals surface area contributed by atoms with Crippen molar-refractivity contribution < 1.29 is 0 Å². The summed E-state index contributed by atoms with van der Waals surface area (Å²) in [6.45, 7) is 4.33. The quantitative estimate of drug-likeness (QED) is 0.140. The topological polar surface area (TPSA) is 0 Å². The summed E-state index contributed by atoms with van der Waals surface area (Å²) in [5.74, 6) is 0. The van der Waals surface area contributed by atoms with E-state index in [1.807, 2.05) is 23.5 Å². The molecule has 7 heteroatoms. The molecular formula is C32H30S7. The Morgan fingerprint density at radius 3 is 1.15 bits per heavy atom.